The minimum Gasteiger partial charge on any atom is -0.375 e. The van der Waals surface area contributed by atoms with Crippen LogP contribution in [0.1, 0.15) is 27.9 Å². The molecule has 23 heavy (non-hydrogen) atoms. The molecule has 0 radical (unpaired) electrons. The van der Waals surface area contributed by atoms with Crippen LogP contribution < -0.4 is 5.32 Å². The van der Waals surface area contributed by atoms with Gasteiger partial charge >= 0.3 is 0 Å². The standard InChI is InChI=1S/C17H13Cl2NO3/c1-9-2-4-10(5-3-9)13(21)8-17(23)14-11(18)6-7-12(19)15(14)20-16(17)22/h2-7,23H,8H2,1H3,(H,20,22). The molecule has 0 aromatic heterocycles. The minimum atomic E-state index is -2.03. The van der Waals surface area contributed by atoms with Crippen molar-refractivity contribution in [2.45, 2.75) is 18.9 Å². The monoisotopic (exact) mass is 349 g/mol. The van der Waals surface area contributed by atoms with Crippen molar-refractivity contribution in [3.8, 4) is 0 Å². The quantitative estimate of drug-likeness (QED) is 0.830. The van der Waals surface area contributed by atoms with Gasteiger partial charge in [0.05, 0.1) is 17.1 Å². The summed E-state index contributed by atoms with van der Waals surface area (Å²) < 4.78 is 0. The van der Waals surface area contributed by atoms with Gasteiger partial charge in [-0.3, -0.25) is 9.59 Å². The summed E-state index contributed by atoms with van der Waals surface area (Å²) in [5.74, 6) is -1.06. The van der Waals surface area contributed by atoms with Gasteiger partial charge in [-0.1, -0.05) is 53.0 Å². The summed E-state index contributed by atoms with van der Waals surface area (Å²) in [6.45, 7) is 1.91. The average Bonchev–Trinajstić information content (AvgIpc) is 2.77. The second-order valence-corrected chi connectivity index (χ2v) is 6.37. The zero-order valence-corrected chi connectivity index (χ0v) is 13.7. The first-order valence-electron chi connectivity index (χ1n) is 6.95. The number of aryl methyl sites for hydroxylation is 1. The van der Waals surface area contributed by atoms with Crippen molar-refractivity contribution in [1.82, 2.24) is 0 Å². The van der Waals surface area contributed by atoms with Crippen molar-refractivity contribution in [2.24, 2.45) is 0 Å². The Balaban J connectivity index is 2.00. The van der Waals surface area contributed by atoms with Gasteiger partial charge in [-0.2, -0.15) is 0 Å². The predicted octanol–water partition coefficient (Wildman–Crippen LogP) is 3.71. The molecule has 1 aliphatic heterocycles. The Kier molecular flexibility index (Phi) is 3.92. The second-order valence-electron chi connectivity index (χ2n) is 5.56. The van der Waals surface area contributed by atoms with Crippen LogP contribution in [0.5, 0.6) is 0 Å². The molecule has 0 saturated carbocycles. The molecule has 1 heterocycles. The lowest BCUT2D eigenvalue weighted by Crippen LogP contribution is -2.36. The van der Waals surface area contributed by atoms with Gasteiger partial charge in [-0.05, 0) is 19.1 Å². The van der Waals surface area contributed by atoms with Crippen molar-refractivity contribution in [3.63, 3.8) is 0 Å². The van der Waals surface area contributed by atoms with E-state index in [-0.39, 0.29) is 27.1 Å². The van der Waals surface area contributed by atoms with Gasteiger partial charge in [-0.15, -0.1) is 0 Å². The number of carbonyl (C=O) groups excluding carboxylic acids is 2. The fourth-order valence-electron chi connectivity index (χ4n) is 2.65. The molecule has 0 spiro atoms. The molecule has 1 aliphatic rings. The van der Waals surface area contributed by atoms with E-state index in [2.05, 4.69) is 5.32 Å². The number of nitrogens with one attached hydrogen (secondary N) is 1. The van der Waals surface area contributed by atoms with Gasteiger partial charge in [0.25, 0.3) is 5.91 Å². The number of ketones is 1. The number of anilines is 1. The number of halogens is 2. The largest absolute Gasteiger partial charge is 0.375 e. The van der Waals surface area contributed by atoms with Crippen LogP contribution in [-0.2, 0) is 10.4 Å². The molecule has 2 aromatic rings. The summed E-state index contributed by atoms with van der Waals surface area (Å²) in [6, 6.07) is 9.93. The van der Waals surface area contributed by atoms with Crippen molar-refractivity contribution in [3.05, 3.63) is 63.1 Å². The van der Waals surface area contributed by atoms with Crippen molar-refractivity contribution < 1.29 is 14.7 Å². The third kappa shape index (κ3) is 2.63. The maximum Gasteiger partial charge on any atom is 0.261 e. The minimum absolute atomic E-state index is 0.150. The average molecular weight is 350 g/mol. The summed E-state index contributed by atoms with van der Waals surface area (Å²) >= 11 is 12.2. The molecule has 4 nitrogen and oxygen atoms in total. The van der Waals surface area contributed by atoms with E-state index in [9.17, 15) is 14.7 Å². The van der Waals surface area contributed by atoms with Crippen LogP contribution in [0.25, 0.3) is 0 Å². The molecule has 0 aliphatic carbocycles. The molecule has 0 bridgehead atoms. The Hall–Kier alpha value is -1.88. The fraction of sp³-hybridized carbons (Fsp3) is 0.176. The molecule has 3 rings (SSSR count). The highest BCUT2D eigenvalue weighted by molar-refractivity contribution is 6.38. The zero-order valence-electron chi connectivity index (χ0n) is 12.2. The highest BCUT2D eigenvalue weighted by Crippen LogP contribution is 2.46. The van der Waals surface area contributed by atoms with E-state index in [1.165, 1.54) is 12.1 Å². The van der Waals surface area contributed by atoms with Crippen molar-refractivity contribution in [2.75, 3.05) is 5.32 Å². The number of fused-ring (bicyclic) bond motifs is 1. The lowest BCUT2D eigenvalue weighted by molar-refractivity contribution is -0.133. The van der Waals surface area contributed by atoms with Crippen LogP contribution in [0, 0.1) is 6.92 Å². The molecular weight excluding hydrogens is 337 g/mol. The highest BCUT2D eigenvalue weighted by Gasteiger charge is 2.49. The van der Waals surface area contributed by atoms with Crippen LogP contribution in [0.15, 0.2) is 36.4 Å². The predicted molar refractivity (Wildman–Crippen MR) is 89.1 cm³/mol. The second kappa shape index (κ2) is 5.64. The summed E-state index contributed by atoms with van der Waals surface area (Å²) in [4.78, 5) is 24.7. The number of Topliss-reactive ketones (excluding diaryl/α,β-unsaturated/α-hetero) is 1. The Labute approximate surface area is 143 Å². The van der Waals surface area contributed by atoms with Gasteiger partial charge in [0.1, 0.15) is 0 Å². The third-order valence-corrected chi connectivity index (χ3v) is 4.55. The van der Waals surface area contributed by atoms with Crippen LogP contribution in [0.4, 0.5) is 5.69 Å². The van der Waals surface area contributed by atoms with E-state index in [0.717, 1.165) is 5.56 Å². The number of aliphatic hydroxyl groups is 1. The molecule has 1 amide bonds. The van der Waals surface area contributed by atoms with E-state index in [1.54, 1.807) is 24.3 Å². The van der Waals surface area contributed by atoms with Gasteiger partial charge in [0, 0.05) is 16.1 Å². The van der Waals surface area contributed by atoms with Crippen LogP contribution in [-0.4, -0.2) is 16.8 Å². The maximum atomic E-state index is 12.5. The number of carbonyl (C=O) groups is 2. The first-order chi connectivity index (χ1) is 10.8. The highest BCUT2D eigenvalue weighted by atomic mass is 35.5. The molecule has 118 valence electrons. The lowest BCUT2D eigenvalue weighted by atomic mass is 9.88. The van der Waals surface area contributed by atoms with Crippen LogP contribution in [0.2, 0.25) is 10.0 Å². The normalized spacial score (nSPS) is 19.4. The Morgan fingerprint density at radius 1 is 1.13 bits per heavy atom. The molecule has 6 heteroatoms. The maximum absolute atomic E-state index is 12.5. The van der Waals surface area contributed by atoms with Gasteiger partial charge in [-0.25, -0.2) is 0 Å². The topological polar surface area (TPSA) is 66.4 Å². The van der Waals surface area contributed by atoms with Crippen LogP contribution in [0.3, 0.4) is 0 Å². The van der Waals surface area contributed by atoms with Gasteiger partial charge < -0.3 is 10.4 Å². The first kappa shape index (κ1) is 16.0. The number of benzene rings is 2. The van der Waals surface area contributed by atoms with Crippen LogP contribution >= 0.6 is 23.2 Å². The summed E-state index contributed by atoms with van der Waals surface area (Å²) in [5.41, 5.74) is -0.192. The molecule has 1 unspecified atom stereocenters. The summed E-state index contributed by atoms with van der Waals surface area (Å²) in [5, 5.41) is 13.8. The number of amides is 1. The van der Waals surface area contributed by atoms with Gasteiger partial charge in [0.2, 0.25) is 0 Å². The van der Waals surface area contributed by atoms with E-state index in [0.29, 0.717) is 5.56 Å². The first-order valence-corrected chi connectivity index (χ1v) is 7.70. The third-order valence-electron chi connectivity index (χ3n) is 3.92. The SMILES string of the molecule is Cc1ccc(C(=O)CC2(O)C(=O)Nc3c(Cl)ccc(Cl)c32)cc1. The summed E-state index contributed by atoms with van der Waals surface area (Å²) in [7, 11) is 0. The Morgan fingerprint density at radius 3 is 2.39 bits per heavy atom. The lowest BCUT2D eigenvalue weighted by Gasteiger charge is -2.21. The van der Waals surface area contributed by atoms with E-state index >= 15 is 0 Å². The molecule has 2 aromatic carbocycles. The molecule has 0 saturated heterocycles. The van der Waals surface area contributed by atoms with E-state index in [4.69, 9.17) is 23.2 Å². The van der Waals surface area contributed by atoms with Crippen molar-refractivity contribution >= 4 is 40.6 Å². The zero-order chi connectivity index (χ0) is 16.8. The number of rotatable bonds is 3. The van der Waals surface area contributed by atoms with E-state index in [1.807, 2.05) is 6.92 Å². The summed E-state index contributed by atoms with van der Waals surface area (Å²) in [6.07, 6.45) is -0.408. The molecule has 2 N–H and O–H groups in total. The molecule has 1 atom stereocenters. The fourth-order valence-corrected chi connectivity index (χ4v) is 3.17. The molecule has 0 fully saturated rings. The number of hydrogen-bond acceptors (Lipinski definition) is 3. The molecular formula is C17H13Cl2NO3. The number of hydrogen-bond donors (Lipinski definition) is 2. The smallest absolute Gasteiger partial charge is 0.261 e. The van der Waals surface area contributed by atoms with E-state index < -0.39 is 17.9 Å². The Morgan fingerprint density at radius 2 is 1.74 bits per heavy atom. The Bertz CT molecular complexity index is 817. The van der Waals surface area contributed by atoms with Gasteiger partial charge in [0.15, 0.2) is 11.4 Å². The van der Waals surface area contributed by atoms with Crippen molar-refractivity contribution in [1.29, 1.82) is 0 Å².